The van der Waals surface area contributed by atoms with Gasteiger partial charge in [0.05, 0.1) is 12.0 Å². The lowest BCUT2D eigenvalue weighted by molar-refractivity contribution is -0.384. The molecule has 0 heterocycles. The van der Waals surface area contributed by atoms with Gasteiger partial charge in [0.2, 0.25) is 0 Å². The highest BCUT2D eigenvalue weighted by atomic mass is 16.6. The van der Waals surface area contributed by atoms with E-state index >= 15 is 0 Å². The monoisotopic (exact) mass is 355 g/mol. The van der Waals surface area contributed by atoms with Gasteiger partial charge < -0.3 is 14.2 Å². The van der Waals surface area contributed by atoms with Crippen LogP contribution < -0.4 is 14.2 Å². The Bertz CT molecular complexity index is 826. The second kappa shape index (κ2) is 9.03. The Morgan fingerprint density at radius 2 is 1.92 bits per heavy atom. The second-order valence-corrected chi connectivity index (χ2v) is 5.02. The molecule has 2 aromatic carbocycles. The van der Waals surface area contributed by atoms with Gasteiger partial charge in [-0.15, -0.1) is 0 Å². The van der Waals surface area contributed by atoms with E-state index in [1.165, 1.54) is 37.5 Å². The molecular weight excluding hydrogens is 338 g/mol. The highest BCUT2D eigenvalue weighted by Gasteiger charge is 2.07. The van der Waals surface area contributed by atoms with Crippen molar-refractivity contribution in [2.75, 3.05) is 13.7 Å². The van der Waals surface area contributed by atoms with Crippen LogP contribution in [0.25, 0.3) is 6.08 Å². The number of hydrogen-bond acceptors (Lipinski definition) is 6. The summed E-state index contributed by atoms with van der Waals surface area (Å²) in [6.07, 6.45) is 4.44. The Morgan fingerprint density at radius 3 is 2.54 bits per heavy atom. The van der Waals surface area contributed by atoms with Crippen molar-refractivity contribution < 1.29 is 23.9 Å². The van der Waals surface area contributed by atoms with Gasteiger partial charge in [0.15, 0.2) is 11.5 Å². The second-order valence-electron chi connectivity index (χ2n) is 5.02. The Labute approximate surface area is 150 Å². The molecule has 2 aromatic rings. The van der Waals surface area contributed by atoms with Crippen molar-refractivity contribution in [2.45, 2.75) is 0 Å². The van der Waals surface area contributed by atoms with Gasteiger partial charge >= 0.3 is 5.97 Å². The molecule has 0 fully saturated rings. The third-order valence-electron chi connectivity index (χ3n) is 3.22. The minimum atomic E-state index is -0.607. The fraction of sp³-hybridized carbons (Fsp3) is 0.105. The zero-order valence-corrected chi connectivity index (χ0v) is 14.1. The number of rotatable bonds is 8. The molecule has 7 heteroatoms. The summed E-state index contributed by atoms with van der Waals surface area (Å²) < 4.78 is 15.8. The summed E-state index contributed by atoms with van der Waals surface area (Å²) in [7, 11) is 1.52. The zero-order valence-electron chi connectivity index (χ0n) is 14.1. The fourth-order valence-electron chi connectivity index (χ4n) is 2.01. The number of nitro groups is 1. The number of benzene rings is 2. The van der Waals surface area contributed by atoms with Crippen LogP contribution in [0.2, 0.25) is 0 Å². The number of nitro benzene ring substituents is 1. The first-order valence-corrected chi connectivity index (χ1v) is 7.59. The molecule has 0 unspecified atom stereocenters. The predicted molar refractivity (Wildman–Crippen MR) is 96.5 cm³/mol. The maximum atomic E-state index is 11.9. The average molecular weight is 355 g/mol. The van der Waals surface area contributed by atoms with Crippen molar-refractivity contribution in [2.24, 2.45) is 0 Å². The number of ether oxygens (including phenoxy) is 3. The molecule has 0 aromatic heterocycles. The van der Waals surface area contributed by atoms with Crippen LogP contribution in [-0.4, -0.2) is 24.6 Å². The first kappa shape index (κ1) is 18.7. The molecule has 134 valence electrons. The lowest BCUT2D eigenvalue weighted by Crippen LogP contribution is -2.03. The smallest absolute Gasteiger partial charge is 0.336 e. The summed E-state index contributed by atoms with van der Waals surface area (Å²) in [5.74, 6) is 0.705. The van der Waals surface area contributed by atoms with Crippen molar-refractivity contribution >= 4 is 17.7 Å². The Balaban J connectivity index is 2.02. The fourth-order valence-corrected chi connectivity index (χ4v) is 2.01. The van der Waals surface area contributed by atoms with E-state index < -0.39 is 10.9 Å². The zero-order chi connectivity index (χ0) is 18.9. The van der Waals surface area contributed by atoms with Crippen LogP contribution in [0.15, 0.2) is 61.2 Å². The molecule has 2 rings (SSSR count). The van der Waals surface area contributed by atoms with Gasteiger partial charge in [-0.1, -0.05) is 18.7 Å². The number of non-ortho nitro benzene ring substituents is 1. The van der Waals surface area contributed by atoms with Gasteiger partial charge in [0.1, 0.15) is 12.4 Å². The minimum Gasteiger partial charge on any atom is -0.493 e. The minimum absolute atomic E-state index is 0.0776. The first-order valence-electron chi connectivity index (χ1n) is 7.59. The molecule has 7 nitrogen and oxygen atoms in total. The van der Waals surface area contributed by atoms with Gasteiger partial charge in [-0.25, -0.2) is 4.79 Å². The number of carbonyl (C=O) groups is 1. The highest BCUT2D eigenvalue weighted by molar-refractivity contribution is 5.88. The normalized spacial score (nSPS) is 10.3. The molecule has 0 aliphatic carbocycles. The van der Waals surface area contributed by atoms with Crippen LogP contribution in [-0.2, 0) is 4.79 Å². The molecule has 0 bridgehead atoms. The Kier molecular flexibility index (Phi) is 6.50. The highest BCUT2D eigenvalue weighted by Crippen LogP contribution is 2.28. The van der Waals surface area contributed by atoms with E-state index in [0.717, 1.165) is 0 Å². The largest absolute Gasteiger partial charge is 0.493 e. The third kappa shape index (κ3) is 5.20. The quantitative estimate of drug-likeness (QED) is 0.179. The molecule has 0 amide bonds. The van der Waals surface area contributed by atoms with Crippen LogP contribution in [0, 0.1) is 10.1 Å². The van der Waals surface area contributed by atoms with Crippen LogP contribution in [0.4, 0.5) is 5.69 Å². The van der Waals surface area contributed by atoms with Gasteiger partial charge in [0.25, 0.3) is 5.69 Å². The molecule has 0 saturated carbocycles. The summed E-state index contributed by atoms with van der Waals surface area (Å²) >= 11 is 0. The van der Waals surface area contributed by atoms with E-state index in [0.29, 0.717) is 23.7 Å². The third-order valence-corrected chi connectivity index (χ3v) is 3.22. The number of esters is 1. The molecular formula is C19H17NO6. The topological polar surface area (TPSA) is 87.9 Å². The van der Waals surface area contributed by atoms with Crippen molar-refractivity contribution in [1.29, 1.82) is 0 Å². The van der Waals surface area contributed by atoms with Crippen LogP contribution in [0.1, 0.15) is 5.56 Å². The van der Waals surface area contributed by atoms with Gasteiger partial charge in [0, 0.05) is 18.2 Å². The first-order chi connectivity index (χ1) is 12.5. The standard InChI is InChI=1S/C19H17NO6/c1-3-12-25-17-10-4-14(13-18(17)24-2)5-11-19(21)26-16-8-6-15(7-9-16)20(22)23/h3-11,13H,1,12H2,2H3/b11-5+. The molecule has 0 spiro atoms. The van der Waals surface area contributed by atoms with Gasteiger partial charge in [-0.3, -0.25) is 10.1 Å². The molecule has 0 radical (unpaired) electrons. The van der Waals surface area contributed by atoms with Crippen LogP contribution in [0.5, 0.6) is 17.2 Å². The van der Waals surface area contributed by atoms with Crippen molar-refractivity contribution in [3.05, 3.63) is 76.9 Å². The van der Waals surface area contributed by atoms with Gasteiger partial charge in [-0.05, 0) is 35.9 Å². The van der Waals surface area contributed by atoms with Crippen molar-refractivity contribution in [3.8, 4) is 17.2 Å². The van der Waals surface area contributed by atoms with Crippen LogP contribution in [0.3, 0.4) is 0 Å². The van der Waals surface area contributed by atoms with Crippen LogP contribution >= 0.6 is 0 Å². The van der Waals surface area contributed by atoms with E-state index in [2.05, 4.69) is 6.58 Å². The number of nitrogens with zero attached hydrogens (tertiary/aromatic N) is 1. The van der Waals surface area contributed by atoms with E-state index in [-0.39, 0.29) is 11.4 Å². The molecule has 0 saturated heterocycles. The maximum Gasteiger partial charge on any atom is 0.336 e. The van der Waals surface area contributed by atoms with E-state index in [4.69, 9.17) is 14.2 Å². The van der Waals surface area contributed by atoms with Crippen molar-refractivity contribution in [1.82, 2.24) is 0 Å². The summed E-state index contributed by atoms with van der Waals surface area (Å²) in [5.41, 5.74) is 0.639. The Hall–Kier alpha value is -3.61. The number of carbonyl (C=O) groups excluding carboxylic acids is 1. The van der Waals surface area contributed by atoms with Crippen molar-refractivity contribution in [3.63, 3.8) is 0 Å². The molecule has 26 heavy (non-hydrogen) atoms. The SMILES string of the molecule is C=CCOc1ccc(/C=C/C(=O)Oc2ccc([N+](=O)[O-])cc2)cc1OC. The molecule has 0 aliphatic heterocycles. The predicted octanol–water partition coefficient (Wildman–Crippen LogP) is 3.79. The summed E-state index contributed by atoms with van der Waals surface area (Å²) in [5, 5.41) is 10.6. The molecule has 0 atom stereocenters. The van der Waals surface area contributed by atoms with E-state index in [1.807, 2.05) is 0 Å². The molecule has 0 aliphatic rings. The number of hydrogen-bond donors (Lipinski definition) is 0. The summed E-state index contributed by atoms with van der Waals surface area (Å²) in [6, 6.07) is 10.4. The summed E-state index contributed by atoms with van der Waals surface area (Å²) in [6.45, 7) is 3.94. The lowest BCUT2D eigenvalue weighted by atomic mass is 10.2. The summed E-state index contributed by atoms with van der Waals surface area (Å²) in [4.78, 5) is 21.9. The Morgan fingerprint density at radius 1 is 1.19 bits per heavy atom. The number of methoxy groups -OCH3 is 1. The maximum absolute atomic E-state index is 11.9. The van der Waals surface area contributed by atoms with E-state index in [9.17, 15) is 14.9 Å². The van der Waals surface area contributed by atoms with E-state index in [1.54, 1.807) is 30.4 Å². The van der Waals surface area contributed by atoms with Gasteiger partial charge in [-0.2, -0.15) is 0 Å². The molecule has 0 N–H and O–H groups in total. The lowest BCUT2D eigenvalue weighted by Gasteiger charge is -2.09. The average Bonchev–Trinajstić information content (AvgIpc) is 2.65.